The number of carbonyl (C=O) groups excluding carboxylic acids is 1. The molecule has 116 valence electrons. The molecule has 1 aromatic rings. The minimum absolute atomic E-state index is 0.121. The molecular formula is C15H22N2O4. The van der Waals surface area contributed by atoms with E-state index in [1.807, 2.05) is 18.2 Å². The highest BCUT2D eigenvalue weighted by Crippen LogP contribution is 2.24. The number of aliphatic hydroxyl groups excluding tert-OH is 1. The lowest BCUT2D eigenvalue weighted by atomic mass is 10.2. The Bertz CT molecular complexity index is 484. The number of hydrogen-bond donors (Lipinski definition) is 2. The van der Waals surface area contributed by atoms with E-state index in [0.29, 0.717) is 19.6 Å². The number of nitrogens with zero attached hydrogens (tertiary/aromatic N) is 1. The molecule has 21 heavy (non-hydrogen) atoms. The molecule has 1 aliphatic rings. The van der Waals surface area contributed by atoms with E-state index in [4.69, 9.17) is 9.47 Å². The maximum Gasteiger partial charge on any atom is 0.217 e. The summed E-state index contributed by atoms with van der Waals surface area (Å²) < 4.78 is 10.5. The number of hydrogen-bond acceptors (Lipinski definition) is 5. The van der Waals surface area contributed by atoms with Crippen LogP contribution < -0.4 is 14.8 Å². The van der Waals surface area contributed by atoms with E-state index >= 15 is 0 Å². The summed E-state index contributed by atoms with van der Waals surface area (Å²) in [6.45, 7) is 3.29. The largest absolute Gasteiger partial charge is 0.497 e. The topological polar surface area (TPSA) is 71.0 Å². The van der Waals surface area contributed by atoms with E-state index in [-0.39, 0.29) is 11.9 Å². The second-order valence-electron chi connectivity index (χ2n) is 5.29. The monoisotopic (exact) mass is 294 g/mol. The van der Waals surface area contributed by atoms with Gasteiger partial charge in [0.25, 0.3) is 0 Å². The van der Waals surface area contributed by atoms with Crippen molar-refractivity contribution in [1.82, 2.24) is 10.2 Å². The molecule has 2 N–H and O–H groups in total. The smallest absolute Gasteiger partial charge is 0.217 e. The normalized spacial score (nSPS) is 22.1. The number of likely N-dealkylation sites (tertiary alicyclic amines) is 1. The summed E-state index contributed by atoms with van der Waals surface area (Å²) in [4.78, 5) is 13.2. The van der Waals surface area contributed by atoms with E-state index in [1.165, 1.54) is 6.92 Å². The molecule has 1 aliphatic heterocycles. The lowest BCUT2D eigenvalue weighted by Crippen LogP contribution is -2.41. The standard InChI is InChI=1S/C15H22N2O4/c1-10(18)16-14-8-17(9-15(14)19)7-11-4-12(20-2)6-13(5-11)21-3/h4-6,14-15,19H,7-9H2,1-3H3,(H,16,18)/t14-,15-/m1/s1. The highest BCUT2D eigenvalue weighted by atomic mass is 16.5. The highest BCUT2D eigenvalue weighted by Gasteiger charge is 2.31. The summed E-state index contributed by atoms with van der Waals surface area (Å²) in [5.74, 6) is 1.36. The summed E-state index contributed by atoms with van der Waals surface area (Å²) in [6.07, 6.45) is -0.540. The first kappa shape index (κ1) is 15.6. The third-order valence-corrected chi connectivity index (χ3v) is 3.57. The molecule has 2 atom stereocenters. The molecule has 0 aliphatic carbocycles. The Morgan fingerprint density at radius 1 is 1.29 bits per heavy atom. The zero-order valence-electron chi connectivity index (χ0n) is 12.6. The van der Waals surface area contributed by atoms with Gasteiger partial charge in [-0.15, -0.1) is 0 Å². The summed E-state index contributed by atoms with van der Waals surface area (Å²) in [5, 5.41) is 12.8. The molecular weight excluding hydrogens is 272 g/mol. The lowest BCUT2D eigenvalue weighted by Gasteiger charge is -2.17. The van der Waals surface area contributed by atoms with Crippen molar-refractivity contribution in [2.24, 2.45) is 0 Å². The zero-order chi connectivity index (χ0) is 15.4. The predicted octanol–water partition coefficient (Wildman–Crippen LogP) is 0.385. The van der Waals surface area contributed by atoms with Crippen molar-refractivity contribution in [3.8, 4) is 11.5 Å². The van der Waals surface area contributed by atoms with Gasteiger partial charge in [0.2, 0.25) is 5.91 Å². The average Bonchev–Trinajstić information content (AvgIpc) is 2.77. The van der Waals surface area contributed by atoms with Crippen LogP contribution in [0.2, 0.25) is 0 Å². The van der Waals surface area contributed by atoms with Crippen LogP contribution in [0.5, 0.6) is 11.5 Å². The van der Waals surface area contributed by atoms with Crippen LogP contribution in [-0.4, -0.2) is 55.4 Å². The molecule has 1 saturated heterocycles. The fourth-order valence-electron chi connectivity index (χ4n) is 2.61. The Hall–Kier alpha value is -1.79. The van der Waals surface area contributed by atoms with Gasteiger partial charge in [0, 0.05) is 32.6 Å². The molecule has 0 spiro atoms. The van der Waals surface area contributed by atoms with Gasteiger partial charge in [0.05, 0.1) is 26.4 Å². The molecule has 1 amide bonds. The Morgan fingerprint density at radius 3 is 2.43 bits per heavy atom. The van der Waals surface area contributed by atoms with Crippen molar-refractivity contribution < 1.29 is 19.4 Å². The van der Waals surface area contributed by atoms with E-state index in [1.54, 1.807) is 14.2 Å². The van der Waals surface area contributed by atoms with Crippen LogP contribution >= 0.6 is 0 Å². The number of nitrogens with one attached hydrogen (secondary N) is 1. The van der Waals surface area contributed by atoms with Gasteiger partial charge < -0.3 is 19.9 Å². The van der Waals surface area contributed by atoms with E-state index in [2.05, 4.69) is 10.2 Å². The fourth-order valence-corrected chi connectivity index (χ4v) is 2.61. The average molecular weight is 294 g/mol. The second kappa shape index (κ2) is 6.78. The van der Waals surface area contributed by atoms with Gasteiger partial charge in [-0.05, 0) is 17.7 Å². The minimum atomic E-state index is -0.540. The Morgan fingerprint density at radius 2 is 1.90 bits per heavy atom. The Balaban J connectivity index is 2.03. The quantitative estimate of drug-likeness (QED) is 0.822. The highest BCUT2D eigenvalue weighted by molar-refractivity contribution is 5.73. The van der Waals surface area contributed by atoms with Crippen molar-refractivity contribution in [1.29, 1.82) is 0 Å². The summed E-state index contributed by atoms with van der Waals surface area (Å²) in [5.41, 5.74) is 1.04. The Kier molecular flexibility index (Phi) is 5.03. The number of β-amino-alcohol motifs (C(OH)–C–C–N with tert-alkyl or cyclic N) is 1. The first-order valence-electron chi connectivity index (χ1n) is 6.91. The van der Waals surface area contributed by atoms with Crippen LogP contribution in [0.25, 0.3) is 0 Å². The molecule has 0 aromatic heterocycles. The number of aliphatic hydroxyl groups is 1. The number of methoxy groups -OCH3 is 2. The van der Waals surface area contributed by atoms with Gasteiger partial charge in [0.15, 0.2) is 0 Å². The fraction of sp³-hybridized carbons (Fsp3) is 0.533. The van der Waals surface area contributed by atoms with Gasteiger partial charge in [0.1, 0.15) is 11.5 Å². The zero-order valence-corrected chi connectivity index (χ0v) is 12.6. The lowest BCUT2D eigenvalue weighted by molar-refractivity contribution is -0.120. The molecule has 0 saturated carbocycles. The van der Waals surface area contributed by atoms with Crippen molar-refractivity contribution in [2.75, 3.05) is 27.3 Å². The van der Waals surface area contributed by atoms with Crippen LogP contribution in [0.15, 0.2) is 18.2 Å². The third-order valence-electron chi connectivity index (χ3n) is 3.57. The second-order valence-corrected chi connectivity index (χ2v) is 5.29. The third kappa shape index (κ3) is 4.09. The van der Waals surface area contributed by atoms with Gasteiger partial charge in [-0.25, -0.2) is 0 Å². The van der Waals surface area contributed by atoms with Gasteiger partial charge in [-0.1, -0.05) is 0 Å². The molecule has 2 rings (SSSR count). The van der Waals surface area contributed by atoms with Gasteiger partial charge in [-0.2, -0.15) is 0 Å². The summed E-state index contributed by atoms with van der Waals surface area (Å²) in [6, 6.07) is 5.50. The summed E-state index contributed by atoms with van der Waals surface area (Å²) >= 11 is 0. The maximum absolute atomic E-state index is 11.1. The predicted molar refractivity (Wildman–Crippen MR) is 78.4 cm³/mol. The maximum atomic E-state index is 11.1. The minimum Gasteiger partial charge on any atom is -0.497 e. The van der Waals surface area contributed by atoms with Crippen LogP contribution in [0.4, 0.5) is 0 Å². The van der Waals surface area contributed by atoms with Crippen LogP contribution in [-0.2, 0) is 11.3 Å². The number of ether oxygens (including phenoxy) is 2. The van der Waals surface area contributed by atoms with E-state index < -0.39 is 6.10 Å². The molecule has 1 heterocycles. The van der Waals surface area contributed by atoms with E-state index in [0.717, 1.165) is 17.1 Å². The number of amides is 1. The van der Waals surface area contributed by atoms with Gasteiger partial charge >= 0.3 is 0 Å². The molecule has 1 aromatic carbocycles. The van der Waals surface area contributed by atoms with Crippen LogP contribution in [0.1, 0.15) is 12.5 Å². The molecule has 0 unspecified atom stereocenters. The van der Waals surface area contributed by atoms with Gasteiger partial charge in [-0.3, -0.25) is 9.69 Å². The number of carbonyl (C=O) groups is 1. The van der Waals surface area contributed by atoms with E-state index in [9.17, 15) is 9.90 Å². The Labute approximate surface area is 124 Å². The number of rotatable bonds is 5. The number of benzene rings is 1. The molecule has 6 heteroatoms. The van der Waals surface area contributed by atoms with Crippen molar-refractivity contribution in [2.45, 2.75) is 25.6 Å². The molecule has 1 fully saturated rings. The van der Waals surface area contributed by atoms with Crippen LogP contribution in [0, 0.1) is 0 Å². The molecule has 0 bridgehead atoms. The SMILES string of the molecule is COc1cc(CN2C[C@@H](O)[C@H](NC(C)=O)C2)cc(OC)c1. The molecule has 6 nitrogen and oxygen atoms in total. The molecule has 0 radical (unpaired) electrons. The van der Waals surface area contributed by atoms with Crippen molar-refractivity contribution in [3.63, 3.8) is 0 Å². The first-order chi connectivity index (χ1) is 10.0. The van der Waals surface area contributed by atoms with Crippen LogP contribution in [0.3, 0.4) is 0 Å². The van der Waals surface area contributed by atoms with Crippen molar-refractivity contribution in [3.05, 3.63) is 23.8 Å². The summed E-state index contributed by atoms with van der Waals surface area (Å²) in [7, 11) is 3.23. The van der Waals surface area contributed by atoms with Crippen molar-refractivity contribution >= 4 is 5.91 Å². The first-order valence-corrected chi connectivity index (χ1v) is 6.91.